The first-order valence-corrected chi connectivity index (χ1v) is 7.20. The number of nitrogens with one attached hydrogen (secondary N) is 1. The van der Waals surface area contributed by atoms with E-state index in [1.165, 1.54) is 6.92 Å². The van der Waals surface area contributed by atoms with Crippen LogP contribution in [0.5, 0.6) is 0 Å². The fourth-order valence-electron chi connectivity index (χ4n) is 1.49. The Bertz CT molecular complexity index is 581. The Kier molecular flexibility index (Phi) is 4.55. The summed E-state index contributed by atoms with van der Waals surface area (Å²) in [5, 5.41) is 3.61. The van der Waals surface area contributed by atoms with E-state index < -0.39 is 0 Å². The molecule has 1 amide bonds. The maximum Gasteiger partial charge on any atom is 0.221 e. The maximum absolute atomic E-state index is 10.9. The summed E-state index contributed by atoms with van der Waals surface area (Å²) in [5.74, 6) is 0.655. The molecule has 0 aliphatic heterocycles. The van der Waals surface area contributed by atoms with Crippen LogP contribution in [0.15, 0.2) is 44.9 Å². The summed E-state index contributed by atoms with van der Waals surface area (Å²) in [6.07, 6.45) is 0. The molecule has 0 spiro atoms. The van der Waals surface area contributed by atoms with E-state index in [1.807, 2.05) is 37.3 Å². The Morgan fingerprint density at radius 3 is 2.53 bits per heavy atom. The summed E-state index contributed by atoms with van der Waals surface area (Å²) < 4.78 is 0.775. The van der Waals surface area contributed by atoms with Gasteiger partial charge in [-0.05, 0) is 47.1 Å². The van der Waals surface area contributed by atoms with Crippen LogP contribution in [-0.2, 0) is 4.79 Å². The number of rotatable bonds is 3. The number of nitrogens with zero attached hydrogens (tertiary/aromatic N) is 2. The molecule has 19 heavy (non-hydrogen) atoms. The molecule has 0 unspecified atom stereocenters. The van der Waals surface area contributed by atoms with Crippen LogP contribution in [0.25, 0.3) is 0 Å². The zero-order valence-electron chi connectivity index (χ0n) is 10.5. The summed E-state index contributed by atoms with van der Waals surface area (Å²) in [7, 11) is 0. The van der Waals surface area contributed by atoms with Gasteiger partial charge in [0.25, 0.3) is 0 Å². The largest absolute Gasteiger partial charge is 0.326 e. The fourth-order valence-corrected chi connectivity index (χ4v) is 2.98. The van der Waals surface area contributed by atoms with Crippen molar-refractivity contribution in [1.29, 1.82) is 0 Å². The van der Waals surface area contributed by atoms with Gasteiger partial charge in [0.15, 0.2) is 0 Å². The molecule has 0 bridgehead atoms. The van der Waals surface area contributed by atoms with Crippen molar-refractivity contribution >= 4 is 39.3 Å². The lowest BCUT2D eigenvalue weighted by Crippen LogP contribution is -2.05. The van der Waals surface area contributed by atoms with Crippen molar-refractivity contribution in [3.05, 3.63) is 40.8 Å². The standard InChI is InChI=1S/C13H12BrN3OS/c1-8-15-12(14)7-13(16-8)19-11-5-3-10(4-6-11)17-9(2)18/h3-7H,1-2H3,(H,17,18). The number of aromatic nitrogens is 2. The van der Waals surface area contributed by atoms with Crippen LogP contribution in [0.3, 0.4) is 0 Å². The van der Waals surface area contributed by atoms with Gasteiger partial charge in [0.2, 0.25) is 5.91 Å². The Labute approximate surface area is 124 Å². The molecule has 0 radical (unpaired) electrons. The third kappa shape index (κ3) is 4.33. The molecule has 0 saturated heterocycles. The summed E-state index contributed by atoms with van der Waals surface area (Å²) in [5.41, 5.74) is 0.789. The number of amides is 1. The van der Waals surface area contributed by atoms with Crippen molar-refractivity contribution in [2.24, 2.45) is 0 Å². The van der Waals surface area contributed by atoms with Crippen molar-refractivity contribution in [2.75, 3.05) is 5.32 Å². The summed E-state index contributed by atoms with van der Waals surface area (Å²) in [6, 6.07) is 9.50. The zero-order chi connectivity index (χ0) is 13.8. The lowest BCUT2D eigenvalue weighted by atomic mass is 10.3. The second-order valence-corrected chi connectivity index (χ2v) is 5.79. The van der Waals surface area contributed by atoms with Crippen LogP contribution < -0.4 is 5.32 Å². The molecule has 1 N–H and O–H groups in total. The van der Waals surface area contributed by atoms with Gasteiger partial charge in [-0.1, -0.05) is 11.8 Å². The van der Waals surface area contributed by atoms with Crippen LogP contribution in [0.4, 0.5) is 5.69 Å². The van der Waals surface area contributed by atoms with E-state index >= 15 is 0 Å². The Balaban J connectivity index is 2.12. The van der Waals surface area contributed by atoms with Crippen LogP contribution in [-0.4, -0.2) is 15.9 Å². The molecule has 1 aromatic heterocycles. The predicted octanol–water partition coefficient (Wildman–Crippen LogP) is 3.66. The smallest absolute Gasteiger partial charge is 0.221 e. The van der Waals surface area contributed by atoms with Gasteiger partial charge in [0.05, 0.1) is 0 Å². The van der Waals surface area contributed by atoms with Crippen molar-refractivity contribution in [2.45, 2.75) is 23.8 Å². The number of benzene rings is 1. The molecule has 1 aromatic carbocycles. The van der Waals surface area contributed by atoms with E-state index in [1.54, 1.807) is 11.8 Å². The second kappa shape index (κ2) is 6.16. The quantitative estimate of drug-likeness (QED) is 0.868. The molecular formula is C13H12BrN3OS. The summed E-state index contributed by atoms with van der Waals surface area (Å²) >= 11 is 4.90. The Hall–Kier alpha value is -1.40. The van der Waals surface area contributed by atoms with Gasteiger partial charge in [0.1, 0.15) is 15.5 Å². The number of hydrogen-bond donors (Lipinski definition) is 1. The molecule has 0 fully saturated rings. The number of carbonyl (C=O) groups is 1. The zero-order valence-corrected chi connectivity index (χ0v) is 12.9. The first kappa shape index (κ1) is 14.0. The molecule has 1 heterocycles. The molecule has 2 rings (SSSR count). The first-order chi connectivity index (χ1) is 9.02. The van der Waals surface area contributed by atoms with E-state index in [9.17, 15) is 4.79 Å². The van der Waals surface area contributed by atoms with E-state index in [2.05, 4.69) is 31.2 Å². The predicted molar refractivity (Wildman–Crippen MR) is 79.3 cm³/mol. The third-order valence-corrected chi connectivity index (χ3v) is 3.51. The number of hydrogen-bond acceptors (Lipinski definition) is 4. The topological polar surface area (TPSA) is 54.9 Å². The molecule has 0 aliphatic rings. The molecule has 2 aromatic rings. The lowest BCUT2D eigenvalue weighted by Gasteiger charge is -2.05. The van der Waals surface area contributed by atoms with Gasteiger partial charge in [-0.15, -0.1) is 0 Å². The molecule has 0 aliphatic carbocycles. The second-order valence-electron chi connectivity index (χ2n) is 3.88. The first-order valence-electron chi connectivity index (χ1n) is 5.59. The highest BCUT2D eigenvalue weighted by Gasteiger charge is 2.03. The minimum Gasteiger partial charge on any atom is -0.326 e. The maximum atomic E-state index is 10.9. The molecule has 6 heteroatoms. The summed E-state index contributed by atoms with van der Waals surface area (Å²) in [6.45, 7) is 3.35. The van der Waals surface area contributed by atoms with E-state index in [-0.39, 0.29) is 5.91 Å². The van der Waals surface area contributed by atoms with Crippen LogP contribution in [0, 0.1) is 6.92 Å². The highest BCUT2D eigenvalue weighted by atomic mass is 79.9. The molecule has 0 saturated carbocycles. The highest BCUT2D eigenvalue weighted by molar-refractivity contribution is 9.10. The molecular weight excluding hydrogens is 326 g/mol. The number of carbonyl (C=O) groups excluding carboxylic acids is 1. The average Bonchev–Trinajstić information content (AvgIpc) is 2.29. The van der Waals surface area contributed by atoms with Gasteiger partial charge < -0.3 is 5.32 Å². The van der Waals surface area contributed by atoms with Crippen LogP contribution in [0.2, 0.25) is 0 Å². The highest BCUT2D eigenvalue weighted by Crippen LogP contribution is 2.28. The average molecular weight is 338 g/mol. The minimum atomic E-state index is -0.0734. The van der Waals surface area contributed by atoms with Gasteiger partial charge in [0, 0.05) is 23.6 Å². The SMILES string of the molecule is CC(=O)Nc1ccc(Sc2cc(Br)nc(C)n2)cc1. The van der Waals surface area contributed by atoms with Gasteiger partial charge in [-0.25, -0.2) is 9.97 Å². The normalized spacial score (nSPS) is 10.3. The van der Waals surface area contributed by atoms with E-state index in [4.69, 9.17) is 0 Å². The van der Waals surface area contributed by atoms with Gasteiger partial charge in [-0.2, -0.15) is 0 Å². The monoisotopic (exact) mass is 337 g/mol. The fraction of sp³-hybridized carbons (Fsp3) is 0.154. The number of anilines is 1. The van der Waals surface area contributed by atoms with Crippen LogP contribution >= 0.6 is 27.7 Å². The molecule has 4 nitrogen and oxygen atoms in total. The van der Waals surface area contributed by atoms with Crippen molar-refractivity contribution in [3.63, 3.8) is 0 Å². The lowest BCUT2D eigenvalue weighted by molar-refractivity contribution is -0.114. The van der Waals surface area contributed by atoms with E-state index in [0.29, 0.717) is 0 Å². The van der Waals surface area contributed by atoms with E-state index in [0.717, 1.165) is 26.0 Å². The van der Waals surface area contributed by atoms with Crippen molar-refractivity contribution in [1.82, 2.24) is 9.97 Å². The van der Waals surface area contributed by atoms with Crippen molar-refractivity contribution in [3.8, 4) is 0 Å². The Morgan fingerprint density at radius 1 is 1.26 bits per heavy atom. The van der Waals surface area contributed by atoms with Crippen molar-refractivity contribution < 1.29 is 4.79 Å². The molecule has 98 valence electrons. The van der Waals surface area contributed by atoms with Gasteiger partial charge >= 0.3 is 0 Å². The summed E-state index contributed by atoms with van der Waals surface area (Å²) in [4.78, 5) is 20.5. The Morgan fingerprint density at radius 2 is 1.95 bits per heavy atom. The number of aryl methyl sites for hydroxylation is 1. The molecule has 0 atom stereocenters. The third-order valence-electron chi connectivity index (χ3n) is 2.18. The van der Waals surface area contributed by atoms with Gasteiger partial charge in [-0.3, -0.25) is 4.79 Å². The van der Waals surface area contributed by atoms with Crippen LogP contribution in [0.1, 0.15) is 12.7 Å². The number of halogens is 1. The minimum absolute atomic E-state index is 0.0734.